The van der Waals surface area contributed by atoms with Crippen LogP contribution in [0.4, 0.5) is 0 Å². The van der Waals surface area contributed by atoms with Crippen LogP contribution in [0.1, 0.15) is 31.2 Å². The van der Waals surface area contributed by atoms with Gasteiger partial charge in [-0.3, -0.25) is 9.69 Å². The first kappa shape index (κ1) is 19.5. The fraction of sp³-hybridized carbons (Fsp3) is 0.650. The number of carbonyl (C=O) groups excluding carboxylic acids is 1. The minimum Gasteiger partial charge on any atom is -0.484 e. The molecule has 2 aliphatic rings. The van der Waals surface area contributed by atoms with Gasteiger partial charge in [-0.05, 0) is 56.4 Å². The summed E-state index contributed by atoms with van der Waals surface area (Å²) >= 11 is 6.04. The minimum absolute atomic E-state index is 0.0873. The van der Waals surface area contributed by atoms with Crippen molar-refractivity contribution in [1.29, 1.82) is 0 Å². The van der Waals surface area contributed by atoms with E-state index in [4.69, 9.17) is 21.1 Å². The molecule has 26 heavy (non-hydrogen) atoms. The number of hydrogen-bond acceptors (Lipinski definition) is 4. The van der Waals surface area contributed by atoms with Gasteiger partial charge in [-0.15, -0.1) is 0 Å². The molecule has 144 valence electrons. The van der Waals surface area contributed by atoms with E-state index < -0.39 is 0 Å². The van der Waals surface area contributed by atoms with Gasteiger partial charge >= 0.3 is 0 Å². The van der Waals surface area contributed by atoms with Crippen molar-refractivity contribution in [3.63, 3.8) is 0 Å². The van der Waals surface area contributed by atoms with E-state index in [0.717, 1.165) is 64.2 Å². The quantitative estimate of drug-likeness (QED) is 0.760. The third kappa shape index (κ3) is 5.35. The number of nitrogens with zero attached hydrogens (tertiary/aromatic N) is 2. The van der Waals surface area contributed by atoms with Crippen molar-refractivity contribution in [2.75, 3.05) is 46.0 Å². The summed E-state index contributed by atoms with van der Waals surface area (Å²) in [7, 11) is 0. The predicted molar refractivity (Wildman–Crippen MR) is 103 cm³/mol. The average Bonchev–Trinajstić information content (AvgIpc) is 2.68. The summed E-state index contributed by atoms with van der Waals surface area (Å²) in [6.07, 6.45) is 4.41. The van der Waals surface area contributed by atoms with E-state index in [-0.39, 0.29) is 12.5 Å². The van der Waals surface area contributed by atoms with Gasteiger partial charge in [-0.25, -0.2) is 0 Å². The number of benzene rings is 1. The Morgan fingerprint density at radius 2 is 2.08 bits per heavy atom. The van der Waals surface area contributed by atoms with E-state index in [1.807, 2.05) is 30.0 Å². The summed E-state index contributed by atoms with van der Waals surface area (Å²) < 4.78 is 11.1. The van der Waals surface area contributed by atoms with Crippen LogP contribution < -0.4 is 4.74 Å². The summed E-state index contributed by atoms with van der Waals surface area (Å²) in [5, 5.41) is 0.711. The van der Waals surface area contributed by atoms with Gasteiger partial charge in [-0.2, -0.15) is 0 Å². The highest BCUT2D eigenvalue weighted by Crippen LogP contribution is 2.23. The molecule has 0 radical (unpaired) electrons. The molecule has 0 bridgehead atoms. The van der Waals surface area contributed by atoms with Gasteiger partial charge < -0.3 is 14.4 Å². The first-order valence-electron chi connectivity index (χ1n) is 9.62. The largest absolute Gasteiger partial charge is 0.484 e. The Morgan fingerprint density at radius 1 is 1.27 bits per heavy atom. The molecule has 3 rings (SSSR count). The molecule has 1 aromatic rings. The Kier molecular flexibility index (Phi) is 7.17. The summed E-state index contributed by atoms with van der Waals surface area (Å²) in [6.45, 7) is 7.55. The molecule has 1 amide bonds. The summed E-state index contributed by atoms with van der Waals surface area (Å²) in [5.41, 5.74) is 0.956. The molecule has 0 aliphatic carbocycles. The van der Waals surface area contributed by atoms with Crippen LogP contribution >= 0.6 is 11.6 Å². The lowest BCUT2D eigenvalue weighted by Gasteiger charge is -2.37. The Labute approximate surface area is 161 Å². The smallest absolute Gasteiger partial charge is 0.260 e. The van der Waals surface area contributed by atoms with Gasteiger partial charge in [0.25, 0.3) is 5.91 Å². The van der Waals surface area contributed by atoms with Crippen LogP contribution in [0.25, 0.3) is 0 Å². The Balaban J connectivity index is 1.50. The molecule has 2 heterocycles. The van der Waals surface area contributed by atoms with Crippen LogP contribution in [0.5, 0.6) is 5.75 Å². The Bertz CT molecular complexity index is 605. The zero-order valence-electron chi connectivity index (χ0n) is 15.6. The monoisotopic (exact) mass is 380 g/mol. The van der Waals surface area contributed by atoms with Crippen LogP contribution in [0, 0.1) is 6.92 Å². The van der Waals surface area contributed by atoms with Crippen molar-refractivity contribution in [3.05, 3.63) is 28.8 Å². The van der Waals surface area contributed by atoms with Crippen LogP contribution in [0.3, 0.4) is 0 Å². The molecule has 0 saturated carbocycles. The van der Waals surface area contributed by atoms with Crippen molar-refractivity contribution in [3.8, 4) is 5.75 Å². The summed E-state index contributed by atoms with van der Waals surface area (Å²) in [5.74, 6) is 0.784. The molecule has 5 nitrogen and oxygen atoms in total. The van der Waals surface area contributed by atoms with Gasteiger partial charge in [0.1, 0.15) is 5.75 Å². The number of hydrogen-bond donors (Lipinski definition) is 0. The molecule has 0 aromatic heterocycles. The van der Waals surface area contributed by atoms with E-state index in [2.05, 4.69) is 4.90 Å². The van der Waals surface area contributed by atoms with Gasteiger partial charge in [0, 0.05) is 37.2 Å². The van der Waals surface area contributed by atoms with Crippen LogP contribution in [-0.2, 0) is 9.53 Å². The zero-order chi connectivity index (χ0) is 18.4. The molecular formula is C20H29ClN2O3. The van der Waals surface area contributed by atoms with Crippen LogP contribution in [0.2, 0.25) is 5.02 Å². The first-order valence-corrected chi connectivity index (χ1v) is 10.00. The number of halogens is 1. The molecule has 1 unspecified atom stereocenters. The lowest BCUT2D eigenvalue weighted by Crippen LogP contribution is -2.47. The van der Waals surface area contributed by atoms with Gasteiger partial charge in [-0.1, -0.05) is 11.6 Å². The second kappa shape index (κ2) is 9.58. The number of likely N-dealkylation sites (tertiary alicyclic amines) is 1. The van der Waals surface area contributed by atoms with E-state index in [9.17, 15) is 4.79 Å². The third-order valence-electron chi connectivity index (χ3n) is 5.32. The molecule has 6 heteroatoms. The molecule has 2 fully saturated rings. The van der Waals surface area contributed by atoms with E-state index in [1.165, 1.54) is 6.42 Å². The SMILES string of the molecule is Cc1cc(OCC(=O)N2CCCCC2CCN2CCOCC2)ccc1Cl. The van der Waals surface area contributed by atoms with Gasteiger partial charge in [0.05, 0.1) is 13.2 Å². The zero-order valence-corrected chi connectivity index (χ0v) is 16.3. The number of aryl methyl sites for hydroxylation is 1. The van der Waals surface area contributed by atoms with Crippen molar-refractivity contribution in [2.24, 2.45) is 0 Å². The molecule has 2 saturated heterocycles. The summed E-state index contributed by atoms with van der Waals surface area (Å²) in [4.78, 5) is 17.2. The number of morpholine rings is 1. The van der Waals surface area contributed by atoms with E-state index in [0.29, 0.717) is 16.8 Å². The molecule has 2 aliphatic heterocycles. The van der Waals surface area contributed by atoms with Crippen LogP contribution in [0.15, 0.2) is 18.2 Å². The lowest BCUT2D eigenvalue weighted by molar-refractivity contribution is -0.137. The average molecular weight is 381 g/mol. The van der Waals surface area contributed by atoms with Crippen molar-refractivity contribution in [2.45, 2.75) is 38.6 Å². The fourth-order valence-electron chi connectivity index (χ4n) is 3.72. The second-order valence-electron chi connectivity index (χ2n) is 7.18. The molecule has 1 atom stereocenters. The predicted octanol–water partition coefficient (Wildman–Crippen LogP) is 3.13. The molecular weight excluding hydrogens is 352 g/mol. The lowest BCUT2D eigenvalue weighted by atomic mass is 9.99. The fourth-order valence-corrected chi connectivity index (χ4v) is 3.84. The van der Waals surface area contributed by atoms with Crippen molar-refractivity contribution in [1.82, 2.24) is 9.80 Å². The number of rotatable bonds is 6. The Hall–Kier alpha value is -1.30. The van der Waals surface area contributed by atoms with Gasteiger partial charge in [0.2, 0.25) is 0 Å². The normalized spacial score (nSPS) is 21.6. The Morgan fingerprint density at radius 3 is 2.85 bits per heavy atom. The second-order valence-corrected chi connectivity index (χ2v) is 7.59. The number of piperidine rings is 1. The molecule has 0 N–H and O–H groups in total. The highest BCUT2D eigenvalue weighted by Gasteiger charge is 2.27. The maximum Gasteiger partial charge on any atom is 0.260 e. The van der Waals surface area contributed by atoms with Gasteiger partial charge in [0.15, 0.2) is 6.61 Å². The maximum absolute atomic E-state index is 12.7. The summed E-state index contributed by atoms with van der Waals surface area (Å²) in [6, 6.07) is 5.83. The minimum atomic E-state index is 0.0873. The van der Waals surface area contributed by atoms with Crippen molar-refractivity contribution < 1.29 is 14.3 Å². The number of amides is 1. The highest BCUT2D eigenvalue weighted by molar-refractivity contribution is 6.31. The standard InChI is InChI=1S/C20H29ClN2O3/c1-16-14-18(5-6-19(16)21)26-15-20(24)23-8-3-2-4-17(23)7-9-22-10-12-25-13-11-22/h5-6,14,17H,2-4,7-13,15H2,1H3. The van der Waals surface area contributed by atoms with Crippen LogP contribution in [-0.4, -0.2) is 67.7 Å². The maximum atomic E-state index is 12.7. The number of carbonyl (C=O) groups is 1. The third-order valence-corrected chi connectivity index (χ3v) is 5.75. The van der Waals surface area contributed by atoms with E-state index in [1.54, 1.807) is 0 Å². The molecule has 1 aromatic carbocycles. The highest BCUT2D eigenvalue weighted by atomic mass is 35.5. The first-order chi connectivity index (χ1) is 12.6. The number of ether oxygens (including phenoxy) is 2. The van der Waals surface area contributed by atoms with E-state index >= 15 is 0 Å². The molecule has 0 spiro atoms. The topological polar surface area (TPSA) is 42.0 Å². The van der Waals surface area contributed by atoms with Crippen molar-refractivity contribution >= 4 is 17.5 Å².